The zero-order chi connectivity index (χ0) is 13.1. The fourth-order valence-corrected chi connectivity index (χ4v) is 2.63. The van der Waals surface area contributed by atoms with E-state index in [1.54, 1.807) is 0 Å². The van der Waals surface area contributed by atoms with Crippen LogP contribution in [0.2, 0.25) is 5.02 Å². The van der Waals surface area contributed by atoms with Gasteiger partial charge in [-0.2, -0.15) is 0 Å². The van der Waals surface area contributed by atoms with E-state index in [2.05, 4.69) is 29.5 Å². The number of hydrogen-bond acceptors (Lipinski definition) is 5. The fourth-order valence-electron chi connectivity index (χ4n) is 1.54. The predicted molar refractivity (Wildman–Crippen MR) is 84.3 cm³/mol. The highest BCUT2D eigenvalue weighted by atomic mass is 35.5. The zero-order valence-electron chi connectivity index (χ0n) is 10.9. The number of rotatable bonds is 4. The van der Waals surface area contributed by atoms with Gasteiger partial charge >= 0.3 is 0 Å². The Hall–Kier alpha value is -0.880. The average molecular weight is 319 g/mol. The number of hydrazine groups is 1. The lowest BCUT2D eigenvalue weighted by atomic mass is 10.2. The summed E-state index contributed by atoms with van der Waals surface area (Å²) in [6.07, 6.45) is 0. The van der Waals surface area contributed by atoms with E-state index in [4.69, 9.17) is 11.6 Å². The molecule has 1 aromatic carbocycles. The van der Waals surface area contributed by atoms with E-state index in [9.17, 15) is 0 Å². The summed E-state index contributed by atoms with van der Waals surface area (Å²) in [6, 6.07) is 8.00. The van der Waals surface area contributed by atoms with Gasteiger partial charge in [-0.1, -0.05) is 41.1 Å². The molecule has 0 unspecified atom stereocenters. The van der Waals surface area contributed by atoms with Gasteiger partial charge in [0.15, 0.2) is 5.01 Å². The molecule has 1 aromatic heterocycles. The van der Waals surface area contributed by atoms with Crippen LogP contribution in [0.15, 0.2) is 24.3 Å². The van der Waals surface area contributed by atoms with Crippen LogP contribution in [-0.4, -0.2) is 23.3 Å². The second-order valence-corrected chi connectivity index (χ2v) is 5.58. The molecular formula is C12H16Cl2N4S. The summed E-state index contributed by atoms with van der Waals surface area (Å²) in [6.45, 7) is 4.15. The molecule has 0 atom stereocenters. The highest BCUT2D eigenvalue weighted by Gasteiger charge is 2.12. The summed E-state index contributed by atoms with van der Waals surface area (Å²) in [5, 5.41) is 12.6. The Morgan fingerprint density at radius 1 is 1.26 bits per heavy atom. The van der Waals surface area contributed by atoms with Crippen molar-refractivity contribution in [1.82, 2.24) is 15.6 Å². The molecule has 0 aliphatic carbocycles. The number of nitrogens with zero attached hydrogens (tertiary/aromatic N) is 3. The third kappa shape index (κ3) is 4.04. The van der Waals surface area contributed by atoms with E-state index in [0.717, 1.165) is 15.7 Å². The number of benzene rings is 1. The van der Waals surface area contributed by atoms with Crippen LogP contribution in [0.5, 0.6) is 0 Å². The van der Waals surface area contributed by atoms with Gasteiger partial charge in [0.2, 0.25) is 5.13 Å². The molecule has 1 heterocycles. The third-order valence-corrected chi connectivity index (χ3v) is 3.62. The maximum Gasteiger partial charge on any atom is 0.222 e. The van der Waals surface area contributed by atoms with Crippen LogP contribution >= 0.6 is 35.3 Å². The van der Waals surface area contributed by atoms with Crippen molar-refractivity contribution in [2.75, 3.05) is 12.1 Å². The molecule has 2 aromatic rings. The Morgan fingerprint density at radius 2 is 1.95 bits per heavy atom. The van der Waals surface area contributed by atoms with Crippen molar-refractivity contribution in [3.05, 3.63) is 29.3 Å². The molecule has 0 fully saturated rings. The summed E-state index contributed by atoms with van der Waals surface area (Å²) in [5.74, 6) is 0. The zero-order valence-corrected chi connectivity index (χ0v) is 13.3. The van der Waals surface area contributed by atoms with E-state index < -0.39 is 0 Å². The van der Waals surface area contributed by atoms with Gasteiger partial charge in [-0.05, 0) is 19.9 Å². The molecule has 0 aliphatic rings. The van der Waals surface area contributed by atoms with Crippen molar-refractivity contribution in [1.29, 1.82) is 0 Å². The first-order valence-corrected chi connectivity index (χ1v) is 6.85. The summed E-state index contributed by atoms with van der Waals surface area (Å²) >= 11 is 7.65. The maximum absolute atomic E-state index is 6.14. The normalized spacial score (nSPS) is 10.4. The molecule has 2 rings (SSSR count). The summed E-state index contributed by atoms with van der Waals surface area (Å²) < 4.78 is 0. The Labute approximate surface area is 128 Å². The van der Waals surface area contributed by atoms with E-state index in [0.29, 0.717) is 11.1 Å². The highest BCUT2D eigenvalue weighted by molar-refractivity contribution is 7.18. The van der Waals surface area contributed by atoms with E-state index in [1.165, 1.54) is 11.3 Å². The van der Waals surface area contributed by atoms with Crippen LogP contribution in [-0.2, 0) is 0 Å². The molecule has 4 nitrogen and oxygen atoms in total. The first-order chi connectivity index (χ1) is 8.58. The van der Waals surface area contributed by atoms with Crippen LogP contribution in [0.25, 0.3) is 10.6 Å². The van der Waals surface area contributed by atoms with Crippen molar-refractivity contribution in [3.8, 4) is 10.6 Å². The second-order valence-electron chi connectivity index (χ2n) is 4.21. The molecule has 0 saturated heterocycles. The molecule has 0 aliphatic heterocycles. The lowest BCUT2D eigenvalue weighted by Crippen LogP contribution is -2.39. The summed E-state index contributed by atoms with van der Waals surface area (Å²) in [4.78, 5) is 0. The first kappa shape index (κ1) is 16.2. The van der Waals surface area contributed by atoms with Crippen molar-refractivity contribution < 1.29 is 0 Å². The van der Waals surface area contributed by atoms with Gasteiger partial charge in [0, 0.05) is 18.7 Å². The average Bonchev–Trinajstić information content (AvgIpc) is 2.78. The van der Waals surface area contributed by atoms with Gasteiger partial charge in [-0.15, -0.1) is 22.6 Å². The van der Waals surface area contributed by atoms with Gasteiger partial charge in [-0.3, -0.25) is 5.01 Å². The minimum atomic E-state index is 0. The Kier molecular flexibility index (Phi) is 6.00. The van der Waals surface area contributed by atoms with Gasteiger partial charge in [0.1, 0.15) is 0 Å². The number of nitrogens with one attached hydrogen (secondary N) is 1. The van der Waals surface area contributed by atoms with E-state index in [-0.39, 0.29) is 12.4 Å². The quantitative estimate of drug-likeness (QED) is 0.874. The largest absolute Gasteiger partial charge is 0.285 e. The minimum Gasteiger partial charge on any atom is -0.285 e. The third-order valence-electron chi connectivity index (χ3n) is 2.26. The molecule has 104 valence electrons. The number of aromatic nitrogens is 2. The first-order valence-electron chi connectivity index (χ1n) is 5.66. The number of halogens is 2. The second kappa shape index (κ2) is 7.05. The van der Waals surface area contributed by atoms with Crippen molar-refractivity contribution in [2.24, 2.45) is 0 Å². The van der Waals surface area contributed by atoms with Crippen LogP contribution in [0, 0.1) is 0 Å². The molecule has 0 bridgehead atoms. The Morgan fingerprint density at radius 3 is 2.58 bits per heavy atom. The molecule has 0 radical (unpaired) electrons. The van der Waals surface area contributed by atoms with Gasteiger partial charge < -0.3 is 0 Å². The standard InChI is InChI=1S/C12H15ClN4S.ClH/c1-8(2)16-17(3)12-15-14-11(18-12)9-6-4-5-7-10(9)13;/h4-8,16H,1-3H3;1H. The van der Waals surface area contributed by atoms with Gasteiger partial charge in [0.05, 0.1) is 5.02 Å². The van der Waals surface area contributed by atoms with Gasteiger partial charge in [-0.25, -0.2) is 5.43 Å². The van der Waals surface area contributed by atoms with Crippen LogP contribution in [0.3, 0.4) is 0 Å². The summed E-state index contributed by atoms with van der Waals surface area (Å²) in [5.41, 5.74) is 4.16. The molecular weight excluding hydrogens is 303 g/mol. The highest BCUT2D eigenvalue weighted by Crippen LogP contribution is 2.32. The van der Waals surface area contributed by atoms with Crippen LogP contribution in [0.1, 0.15) is 13.8 Å². The SMILES string of the molecule is CC(C)NN(C)c1nnc(-c2ccccc2Cl)s1.Cl. The molecule has 0 amide bonds. The van der Waals surface area contributed by atoms with Crippen LogP contribution in [0.4, 0.5) is 5.13 Å². The lowest BCUT2D eigenvalue weighted by molar-refractivity contribution is 0.578. The Balaban J connectivity index is 0.00000180. The van der Waals surface area contributed by atoms with Crippen LogP contribution < -0.4 is 10.4 Å². The lowest BCUT2D eigenvalue weighted by Gasteiger charge is -2.19. The van der Waals surface area contributed by atoms with Crippen molar-refractivity contribution in [3.63, 3.8) is 0 Å². The molecule has 7 heteroatoms. The monoisotopic (exact) mass is 318 g/mol. The molecule has 0 spiro atoms. The van der Waals surface area contributed by atoms with E-state index >= 15 is 0 Å². The number of anilines is 1. The molecule has 1 N–H and O–H groups in total. The predicted octanol–water partition coefficient (Wildman–Crippen LogP) is 3.63. The molecule has 19 heavy (non-hydrogen) atoms. The minimum absolute atomic E-state index is 0. The van der Waals surface area contributed by atoms with E-state index in [1.807, 2.05) is 36.3 Å². The van der Waals surface area contributed by atoms with Crippen molar-refractivity contribution >= 4 is 40.5 Å². The van der Waals surface area contributed by atoms with Gasteiger partial charge in [0.25, 0.3) is 0 Å². The topological polar surface area (TPSA) is 41.0 Å². The Bertz CT molecular complexity index is 530. The smallest absolute Gasteiger partial charge is 0.222 e. The van der Waals surface area contributed by atoms with Crippen molar-refractivity contribution in [2.45, 2.75) is 19.9 Å². The number of hydrogen-bond donors (Lipinski definition) is 1. The maximum atomic E-state index is 6.14. The fraction of sp³-hybridized carbons (Fsp3) is 0.333. The summed E-state index contributed by atoms with van der Waals surface area (Å²) in [7, 11) is 1.93. The molecule has 0 saturated carbocycles.